The number of rotatable bonds is 4. The van der Waals surface area contributed by atoms with Crippen molar-refractivity contribution in [1.29, 1.82) is 0 Å². The molecule has 1 aromatic heterocycles. The first-order chi connectivity index (χ1) is 8.87. The molecule has 0 aliphatic carbocycles. The molecule has 1 aromatic carbocycles. The third kappa shape index (κ3) is 3.28. The second-order valence-electron chi connectivity index (χ2n) is 4.45. The van der Waals surface area contributed by atoms with Crippen LogP contribution in [0.1, 0.15) is 5.56 Å². The lowest BCUT2D eigenvalue weighted by atomic mass is 10.1. The van der Waals surface area contributed by atoms with E-state index in [1.807, 2.05) is 19.1 Å². The van der Waals surface area contributed by atoms with Gasteiger partial charge in [-0.2, -0.15) is 0 Å². The maximum Gasteiger partial charge on any atom is 0.184 e. The molecule has 7 nitrogen and oxygen atoms in total. The van der Waals surface area contributed by atoms with Gasteiger partial charge < -0.3 is 5.73 Å². The molecule has 0 aliphatic rings. The van der Waals surface area contributed by atoms with Gasteiger partial charge in [-0.15, -0.1) is 5.10 Å². The van der Waals surface area contributed by atoms with E-state index in [0.29, 0.717) is 17.1 Å². The van der Waals surface area contributed by atoms with Crippen LogP contribution in [0.2, 0.25) is 0 Å². The van der Waals surface area contributed by atoms with Crippen LogP contribution in [-0.4, -0.2) is 40.6 Å². The van der Waals surface area contributed by atoms with Crippen LogP contribution < -0.4 is 5.73 Å². The first kappa shape index (κ1) is 13.5. The standard InChI is InChI=1S/C11H15N5O2S/c1-8-3-4-10(12)9(7-8)11-13-14-15-16(11)5-6-19(2,17)18/h3-4,7H,5-6,12H2,1-2H3. The van der Waals surface area contributed by atoms with Crippen LogP contribution >= 0.6 is 0 Å². The second-order valence-corrected chi connectivity index (χ2v) is 6.71. The van der Waals surface area contributed by atoms with E-state index < -0.39 is 9.84 Å². The topological polar surface area (TPSA) is 104 Å². The molecule has 0 spiro atoms. The number of nitrogen functional groups attached to an aromatic ring is 1. The number of nitrogens with two attached hydrogens (primary N) is 1. The summed E-state index contributed by atoms with van der Waals surface area (Å²) in [5.74, 6) is 0.460. The number of sulfone groups is 1. The van der Waals surface area contributed by atoms with Crippen LogP contribution in [0.5, 0.6) is 0 Å². The third-order valence-electron chi connectivity index (χ3n) is 2.66. The zero-order chi connectivity index (χ0) is 14.0. The Morgan fingerprint density at radius 3 is 2.79 bits per heavy atom. The number of hydrogen-bond donors (Lipinski definition) is 1. The van der Waals surface area contributed by atoms with E-state index >= 15 is 0 Å². The van der Waals surface area contributed by atoms with Gasteiger partial charge in [0.2, 0.25) is 0 Å². The van der Waals surface area contributed by atoms with Crippen molar-refractivity contribution in [2.45, 2.75) is 13.5 Å². The van der Waals surface area contributed by atoms with Crippen molar-refractivity contribution in [2.75, 3.05) is 17.7 Å². The zero-order valence-electron chi connectivity index (χ0n) is 10.7. The molecule has 0 radical (unpaired) electrons. The smallest absolute Gasteiger partial charge is 0.184 e. The van der Waals surface area contributed by atoms with Crippen molar-refractivity contribution in [1.82, 2.24) is 20.2 Å². The van der Waals surface area contributed by atoms with Crippen LogP contribution in [0, 0.1) is 6.92 Å². The van der Waals surface area contributed by atoms with E-state index in [1.165, 1.54) is 10.9 Å². The predicted molar refractivity (Wildman–Crippen MR) is 72.1 cm³/mol. The molecule has 0 amide bonds. The van der Waals surface area contributed by atoms with Crippen molar-refractivity contribution in [3.8, 4) is 11.4 Å². The summed E-state index contributed by atoms with van der Waals surface area (Å²) in [5, 5.41) is 11.3. The molecule has 8 heteroatoms. The van der Waals surface area contributed by atoms with Crippen LogP contribution in [0.4, 0.5) is 5.69 Å². The van der Waals surface area contributed by atoms with E-state index in [0.717, 1.165) is 5.56 Å². The lowest BCUT2D eigenvalue weighted by Gasteiger charge is -2.07. The number of aromatic nitrogens is 4. The molecule has 2 rings (SSSR count). The number of nitrogens with zero attached hydrogens (tertiary/aromatic N) is 4. The molecule has 0 aliphatic heterocycles. The van der Waals surface area contributed by atoms with Crippen LogP contribution in [0.15, 0.2) is 18.2 Å². The molecular weight excluding hydrogens is 266 g/mol. The Morgan fingerprint density at radius 2 is 2.11 bits per heavy atom. The highest BCUT2D eigenvalue weighted by Crippen LogP contribution is 2.24. The summed E-state index contributed by atoms with van der Waals surface area (Å²) in [4.78, 5) is 0. The molecule has 102 valence electrons. The maximum atomic E-state index is 11.2. The Morgan fingerprint density at radius 1 is 1.37 bits per heavy atom. The Kier molecular flexibility index (Phi) is 3.52. The molecule has 0 atom stereocenters. The minimum absolute atomic E-state index is 0.0171. The number of tetrazole rings is 1. The highest BCUT2D eigenvalue weighted by Gasteiger charge is 2.13. The number of benzene rings is 1. The number of anilines is 1. The molecule has 0 saturated heterocycles. The highest BCUT2D eigenvalue weighted by molar-refractivity contribution is 7.90. The average Bonchev–Trinajstić information content (AvgIpc) is 2.77. The number of hydrogen-bond acceptors (Lipinski definition) is 6. The first-order valence-corrected chi connectivity index (χ1v) is 7.73. The molecule has 0 fully saturated rings. The highest BCUT2D eigenvalue weighted by atomic mass is 32.2. The summed E-state index contributed by atoms with van der Waals surface area (Å²) in [6.07, 6.45) is 1.18. The van der Waals surface area contributed by atoms with Crippen molar-refractivity contribution in [3.63, 3.8) is 0 Å². The minimum atomic E-state index is -3.07. The van der Waals surface area contributed by atoms with E-state index in [2.05, 4.69) is 15.5 Å². The van der Waals surface area contributed by atoms with Gasteiger partial charge in [-0.05, 0) is 29.5 Å². The maximum absolute atomic E-state index is 11.2. The summed E-state index contributed by atoms with van der Waals surface area (Å²) in [6, 6.07) is 5.54. The largest absolute Gasteiger partial charge is 0.398 e. The van der Waals surface area contributed by atoms with Gasteiger partial charge in [0.25, 0.3) is 0 Å². The van der Waals surface area contributed by atoms with Crippen LogP contribution in [-0.2, 0) is 16.4 Å². The summed E-state index contributed by atoms with van der Waals surface area (Å²) in [6.45, 7) is 2.14. The van der Waals surface area contributed by atoms with Crippen molar-refractivity contribution in [2.24, 2.45) is 0 Å². The van der Waals surface area contributed by atoms with Gasteiger partial charge in [-0.3, -0.25) is 0 Å². The predicted octanol–water partition coefficient (Wildman–Crippen LogP) is 0.275. The van der Waals surface area contributed by atoms with Crippen molar-refractivity contribution < 1.29 is 8.42 Å². The van der Waals surface area contributed by atoms with Gasteiger partial charge in [0.05, 0.1) is 12.3 Å². The molecule has 2 N–H and O–H groups in total. The van der Waals surface area contributed by atoms with Crippen molar-refractivity contribution in [3.05, 3.63) is 23.8 Å². The summed E-state index contributed by atoms with van der Waals surface area (Å²) in [5.41, 5.74) is 8.20. The Hall–Kier alpha value is -1.96. The fourth-order valence-electron chi connectivity index (χ4n) is 1.66. The molecular formula is C11H15N5O2S. The molecule has 0 unspecified atom stereocenters. The van der Waals surface area contributed by atoms with Gasteiger partial charge in [0.1, 0.15) is 9.84 Å². The van der Waals surface area contributed by atoms with Gasteiger partial charge in [0.15, 0.2) is 5.82 Å². The van der Waals surface area contributed by atoms with E-state index in [1.54, 1.807) is 6.07 Å². The first-order valence-electron chi connectivity index (χ1n) is 5.67. The van der Waals surface area contributed by atoms with E-state index in [-0.39, 0.29) is 12.3 Å². The van der Waals surface area contributed by atoms with Crippen molar-refractivity contribution >= 4 is 15.5 Å². The van der Waals surface area contributed by atoms with E-state index in [9.17, 15) is 8.42 Å². The molecule has 19 heavy (non-hydrogen) atoms. The fraction of sp³-hybridized carbons (Fsp3) is 0.364. The van der Waals surface area contributed by atoms with E-state index in [4.69, 9.17) is 5.73 Å². The summed E-state index contributed by atoms with van der Waals surface area (Å²) < 4.78 is 23.8. The normalized spacial score (nSPS) is 11.7. The van der Waals surface area contributed by atoms with Crippen LogP contribution in [0.3, 0.4) is 0 Å². The second kappa shape index (κ2) is 4.96. The van der Waals surface area contributed by atoms with Crippen LogP contribution in [0.25, 0.3) is 11.4 Å². The van der Waals surface area contributed by atoms with Gasteiger partial charge in [-0.25, -0.2) is 13.1 Å². The Bertz CT molecular complexity index is 693. The third-order valence-corrected chi connectivity index (χ3v) is 3.58. The zero-order valence-corrected chi connectivity index (χ0v) is 11.6. The monoisotopic (exact) mass is 281 g/mol. The molecule has 0 saturated carbocycles. The SMILES string of the molecule is Cc1ccc(N)c(-c2nnnn2CCS(C)(=O)=O)c1. The van der Waals surface area contributed by atoms with Gasteiger partial charge >= 0.3 is 0 Å². The fourth-order valence-corrected chi connectivity index (χ4v) is 2.17. The van der Waals surface area contributed by atoms with Gasteiger partial charge in [-0.1, -0.05) is 11.6 Å². The average molecular weight is 281 g/mol. The van der Waals surface area contributed by atoms with Gasteiger partial charge in [0, 0.05) is 17.5 Å². The molecule has 0 bridgehead atoms. The molecule has 1 heterocycles. The molecule has 2 aromatic rings. The lowest BCUT2D eigenvalue weighted by molar-refractivity contribution is 0.581. The lowest BCUT2D eigenvalue weighted by Crippen LogP contribution is -2.13. The summed E-state index contributed by atoms with van der Waals surface area (Å²) >= 11 is 0. The quantitative estimate of drug-likeness (QED) is 0.807. The number of aryl methyl sites for hydroxylation is 2. The summed E-state index contributed by atoms with van der Waals surface area (Å²) in [7, 11) is -3.07. The Balaban J connectivity index is 2.36. The Labute approximate surface area is 111 Å². The minimum Gasteiger partial charge on any atom is -0.398 e.